The fourth-order valence-corrected chi connectivity index (χ4v) is 2.59. The molecular weight excluding hydrogens is 386 g/mol. The van der Waals surface area contributed by atoms with E-state index in [-0.39, 0.29) is 29.8 Å². The number of carbonyl (C=O) groups is 1. The van der Waals surface area contributed by atoms with Crippen LogP contribution in [0.25, 0.3) is 11.4 Å². The van der Waals surface area contributed by atoms with Gasteiger partial charge in [-0.25, -0.2) is 4.79 Å². The van der Waals surface area contributed by atoms with Crippen molar-refractivity contribution >= 4 is 5.97 Å². The summed E-state index contributed by atoms with van der Waals surface area (Å²) in [5, 5.41) is 3.81. The molecule has 0 fully saturated rings. The van der Waals surface area contributed by atoms with Gasteiger partial charge in [0.25, 0.3) is 5.89 Å². The number of esters is 1. The topological polar surface area (TPSA) is 83.7 Å². The van der Waals surface area contributed by atoms with E-state index in [1.807, 2.05) is 26.0 Å². The van der Waals surface area contributed by atoms with E-state index < -0.39 is 12.6 Å². The smallest absolute Gasteiger partial charge is 0.387 e. The maximum Gasteiger partial charge on any atom is 0.387 e. The minimum atomic E-state index is -2.97. The van der Waals surface area contributed by atoms with Crippen molar-refractivity contribution in [3.63, 3.8) is 0 Å². The van der Waals surface area contributed by atoms with Crippen LogP contribution in [0.4, 0.5) is 8.78 Å². The zero-order chi connectivity index (χ0) is 21.0. The Labute approximate surface area is 165 Å². The van der Waals surface area contributed by atoms with Gasteiger partial charge in [0.1, 0.15) is 0 Å². The normalized spacial score (nSPS) is 10.8. The van der Waals surface area contributed by atoms with Gasteiger partial charge in [0.15, 0.2) is 18.1 Å². The SMILES string of the molecule is COc1cc(-c2noc(COC(=O)c3cc(C)ccc3C)n2)ccc1OC(F)F. The van der Waals surface area contributed by atoms with Crippen LogP contribution in [0.2, 0.25) is 0 Å². The Morgan fingerprint density at radius 1 is 1.14 bits per heavy atom. The molecule has 1 aromatic heterocycles. The summed E-state index contributed by atoms with van der Waals surface area (Å²) >= 11 is 0. The first kappa shape index (κ1) is 20.2. The fourth-order valence-electron chi connectivity index (χ4n) is 2.59. The number of methoxy groups -OCH3 is 1. The minimum absolute atomic E-state index is 0.0885. The van der Waals surface area contributed by atoms with Gasteiger partial charge in [-0.1, -0.05) is 22.9 Å². The number of rotatable bonds is 7. The summed E-state index contributed by atoms with van der Waals surface area (Å²) in [4.78, 5) is 16.4. The molecule has 0 saturated carbocycles. The van der Waals surface area contributed by atoms with E-state index in [9.17, 15) is 13.6 Å². The molecule has 0 N–H and O–H groups in total. The molecule has 0 spiro atoms. The summed E-state index contributed by atoms with van der Waals surface area (Å²) in [6.07, 6.45) is 0. The van der Waals surface area contributed by atoms with Crippen molar-refractivity contribution in [1.29, 1.82) is 0 Å². The molecule has 2 aromatic carbocycles. The maximum atomic E-state index is 12.4. The number of alkyl halides is 2. The van der Waals surface area contributed by atoms with E-state index in [4.69, 9.17) is 14.0 Å². The van der Waals surface area contributed by atoms with Gasteiger partial charge < -0.3 is 18.7 Å². The largest absolute Gasteiger partial charge is 0.493 e. The van der Waals surface area contributed by atoms with Gasteiger partial charge in [0.2, 0.25) is 5.82 Å². The van der Waals surface area contributed by atoms with Gasteiger partial charge in [-0.05, 0) is 43.7 Å². The molecule has 0 amide bonds. The molecule has 29 heavy (non-hydrogen) atoms. The molecule has 0 saturated heterocycles. The van der Waals surface area contributed by atoms with Crippen LogP contribution < -0.4 is 9.47 Å². The standard InChI is InChI=1S/C20H18F2N2O5/c1-11-4-5-12(2)14(8-11)19(25)27-10-17-23-18(24-29-17)13-6-7-15(28-20(21)22)16(9-13)26-3/h4-9,20H,10H2,1-3H3. The van der Waals surface area contributed by atoms with Crippen molar-refractivity contribution < 1.29 is 32.3 Å². The van der Waals surface area contributed by atoms with Crippen LogP contribution in [0.15, 0.2) is 40.9 Å². The Balaban J connectivity index is 1.71. The molecule has 0 aliphatic rings. The van der Waals surface area contributed by atoms with Crippen LogP contribution in [0.3, 0.4) is 0 Å². The van der Waals surface area contributed by atoms with Crippen molar-refractivity contribution in [2.24, 2.45) is 0 Å². The summed E-state index contributed by atoms with van der Waals surface area (Å²) < 4.78 is 44.6. The van der Waals surface area contributed by atoms with Gasteiger partial charge in [0, 0.05) is 5.56 Å². The number of aryl methyl sites for hydroxylation is 2. The molecule has 0 aliphatic carbocycles. The second-order valence-electron chi connectivity index (χ2n) is 6.15. The molecule has 9 heteroatoms. The Morgan fingerprint density at radius 3 is 2.66 bits per heavy atom. The van der Waals surface area contributed by atoms with E-state index in [2.05, 4.69) is 14.9 Å². The van der Waals surface area contributed by atoms with E-state index in [0.717, 1.165) is 11.1 Å². The number of aromatic nitrogens is 2. The van der Waals surface area contributed by atoms with Crippen LogP contribution in [-0.2, 0) is 11.3 Å². The number of nitrogens with zero attached hydrogens (tertiary/aromatic N) is 2. The number of hydrogen-bond acceptors (Lipinski definition) is 7. The van der Waals surface area contributed by atoms with Crippen molar-refractivity contribution in [1.82, 2.24) is 10.1 Å². The molecule has 7 nitrogen and oxygen atoms in total. The number of ether oxygens (including phenoxy) is 3. The number of halogens is 2. The highest BCUT2D eigenvalue weighted by molar-refractivity contribution is 5.91. The first-order valence-electron chi connectivity index (χ1n) is 8.57. The number of benzene rings is 2. The third-order valence-electron chi connectivity index (χ3n) is 4.05. The molecule has 152 valence electrons. The van der Waals surface area contributed by atoms with Gasteiger partial charge in [-0.15, -0.1) is 0 Å². The van der Waals surface area contributed by atoms with Crippen LogP contribution in [0.5, 0.6) is 11.5 Å². The predicted molar refractivity (Wildman–Crippen MR) is 98.0 cm³/mol. The average Bonchev–Trinajstić information content (AvgIpc) is 3.17. The van der Waals surface area contributed by atoms with Crippen molar-refractivity contribution in [3.05, 3.63) is 59.0 Å². The average molecular weight is 404 g/mol. The molecule has 1 heterocycles. The summed E-state index contributed by atoms with van der Waals surface area (Å²) in [5.41, 5.74) is 2.66. The van der Waals surface area contributed by atoms with Crippen LogP contribution >= 0.6 is 0 Å². The zero-order valence-electron chi connectivity index (χ0n) is 15.9. The molecule has 3 rings (SSSR count). The monoisotopic (exact) mass is 404 g/mol. The molecule has 3 aromatic rings. The lowest BCUT2D eigenvalue weighted by atomic mass is 10.1. The molecule has 0 unspecified atom stereocenters. The Bertz CT molecular complexity index is 1020. The zero-order valence-corrected chi connectivity index (χ0v) is 15.9. The van der Waals surface area contributed by atoms with E-state index >= 15 is 0 Å². The lowest BCUT2D eigenvalue weighted by Gasteiger charge is -2.10. The summed E-state index contributed by atoms with van der Waals surface area (Å²) in [6, 6.07) is 9.72. The molecule has 0 aliphatic heterocycles. The van der Waals surface area contributed by atoms with Crippen LogP contribution in [-0.4, -0.2) is 29.8 Å². The maximum absolute atomic E-state index is 12.4. The summed E-state index contributed by atoms with van der Waals surface area (Å²) in [7, 11) is 1.33. The predicted octanol–water partition coefficient (Wildman–Crippen LogP) is 4.32. The second kappa shape index (κ2) is 8.68. The summed E-state index contributed by atoms with van der Waals surface area (Å²) in [5.74, 6) is -0.246. The highest BCUT2D eigenvalue weighted by Crippen LogP contribution is 2.32. The van der Waals surface area contributed by atoms with Crippen molar-refractivity contribution in [2.45, 2.75) is 27.1 Å². The minimum Gasteiger partial charge on any atom is -0.493 e. The van der Waals surface area contributed by atoms with Crippen molar-refractivity contribution in [2.75, 3.05) is 7.11 Å². The van der Waals surface area contributed by atoms with Gasteiger partial charge in [-0.2, -0.15) is 13.8 Å². The molecule has 0 bridgehead atoms. The van der Waals surface area contributed by atoms with Crippen LogP contribution in [0.1, 0.15) is 27.4 Å². The molecule has 0 atom stereocenters. The lowest BCUT2D eigenvalue weighted by Crippen LogP contribution is -2.07. The first-order chi connectivity index (χ1) is 13.9. The third kappa shape index (κ3) is 4.87. The Hall–Kier alpha value is -3.49. The quantitative estimate of drug-likeness (QED) is 0.542. The van der Waals surface area contributed by atoms with E-state index in [0.29, 0.717) is 11.1 Å². The van der Waals surface area contributed by atoms with E-state index in [1.165, 1.54) is 25.3 Å². The van der Waals surface area contributed by atoms with Gasteiger partial charge in [-0.3, -0.25) is 0 Å². The second-order valence-corrected chi connectivity index (χ2v) is 6.15. The fraction of sp³-hybridized carbons (Fsp3) is 0.250. The summed E-state index contributed by atoms with van der Waals surface area (Å²) in [6.45, 7) is 0.517. The Morgan fingerprint density at radius 2 is 1.93 bits per heavy atom. The third-order valence-corrected chi connectivity index (χ3v) is 4.05. The van der Waals surface area contributed by atoms with Crippen molar-refractivity contribution in [3.8, 4) is 22.9 Å². The lowest BCUT2D eigenvalue weighted by molar-refractivity contribution is -0.0512. The Kier molecular flexibility index (Phi) is 6.06. The molecular formula is C20H18F2N2O5. The first-order valence-corrected chi connectivity index (χ1v) is 8.57. The van der Waals surface area contributed by atoms with Gasteiger partial charge >= 0.3 is 12.6 Å². The molecule has 0 radical (unpaired) electrons. The highest BCUT2D eigenvalue weighted by atomic mass is 19.3. The van der Waals surface area contributed by atoms with E-state index in [1.54, 1.807) is 6.07 Å². The number of carbonyl (C=O) groups excluding carboxylic acids is 1. The van der Waals surface area contributed by atoms with Gasteiger partial charge in [0.05, 0.1) is 12.7 Å². The highest BCUT2D eigenvalue weighted by Gasteiger charge is 2.17. The van der Waals surface area contributed by atoms with Crippen LogP contribution in [0, 0.1) is 13.8 Å². The number of hydrogen-bond donors (Lipinski definition) is 0.